The summed E-state index contributed by atoms with van der Waals surface area (Å²) in [6.45, 7) is 2.75. The Labute approximate surface area is 189 Å². The lowest BCUT2D eigenvalue weighted by Gasteiger charge is -2.13. The van der Waals surface area contributed by atoms with E-state index in [0.717, 1.165) is 21.6 Å². The molecule has 152 valence electrons. The molecule has 0 amide bonds. The first-order valence-electron chi connectivity index (χ1n) is 9.42. The first-order chi connectivity index (χ1) is 14.5. The molecule has 1 aliphatic rings. The van der Waals surface area contributed by atoms with Crippen molar-refractivity contribution in [1.29, 1.82) is 0 Å². The molecule has 0 fully saturated rings. The molecular formula is C24H18Cl2O3S. The fourth-order valence-corrected chi connectivity index (χ4v) is 4.45. The van der Waals surface area contributed by atoms with Gasteiger partial charge in [0.25, 0.3) is 0 Å². The zero-order chi connectivity index (χ0) is 21.1. The van der Waals surface area contributed by atoms with E-state index >= 15 is 0 Å². The fourth-order valence-electron chi connectivity index (χ4n) is 3.08. The number of Topliss-reactive ketones (excluding diaryl/α,β-unsaturated/α-hetero) is 1. The number of carbonyl (C=O) groups is 1. The van der Waals surface area contributed by atoms with Gasteiger partial charge in [-0.2, -0.15) is 0 Å². The summed E-state index contributed by atoms with van der Waals surface area (Å²) in [6, 6.07) is 18.7. The van der Waals surface area contributed by atoms with Crippen LogP contribution in [0.3, 0.4) is 0 Å². The maximum absolute atomic E-state index is 12.6. The molecule has 6 heteroatoms. The van der Waals surface area contributed by atoms with Crippen molar-refractivity contribution in [3.63, 3.8) is 0 Å². The summed E-state index contributed by atoms with van der Waals surface area (Å²) in [5.41, 5.74) is 2.54. The van der Waals surface area contributed by atoms with Crippen LogP contribution in [0, 0.1) is 0 Å². The zero-order valence-corrected chi connectivity index (χ0v) is 18.5. The van der Waals surface area contributed by atoms with E-state index in [1.807, 2.05) is 61.5 Å². The summed E-state index contributed by atoms with van der Waals surface area (Å²) in [7, 11) is 0. The quantitative estimate of drug-likeness (QED) is 0.364. The predicted octanol–water partition coefficient (Wildman–Crippen LogP) is 7.30. The lowest BCUT2D eigenvalue weighted by molar-refractivity contribution is 0.104. The van der Waals surface area contributed by atoms with E-state index in [4.69, 9.17) is 32.7 Å². The van der Waals surface area contributed by atoms with Crippen LogP contribution >= 0.6 is 35.0 Å². The van der Waals surface area contributed by atoms with Crippen molar-refractivity contribution < 1.29 is 14.3 Å². The number of hydrogen-bond acceptors (Lipinski definition) is 4. The Kier molecular flexibility index (Phi) is 6.38. The minimum absolute atomic E-state index is 0.0495. The van der Waals surface area contributed by atoms with Crippen LogP contribution < -0.4 is 9.47 Å². The van der Waals surface area contributed by atoms with Gasteiger partial charge in [0.1, 0.15) is 6.61 Å². The summed E-state index contributed by atoms with van der Waals surface area (Å²) in [5, 5.41) is 0.999. The van der Waals surface area contributed by atoms with Crippen molar-refractivity contribution in [1.82, 2.24) is 0 Å². The second kappa shape index (κ2) is 9.17. The van der Waals surface area contributed by atoms with Crippen LogP contribution in [0.25, 0.3) is 6.08 Å². The second-order valence-electron chi connectivity index (χ2n) is 6.61. The van der Waals surface area contributed by atoms with Gasteiger partial charge in [-0.1, -0.05) is 59.2 Å². The molecular weight excluding hydrogens is 439 g/mol. The van der Waals surface area contributed by atoms with Gasteiger partial charge in [0.15, 0.2) is 11.5 Å². The summed E-state index contributed by atoms with van der Waals surface area (Å²) < 4.78 is 11.7. The highest BCUT2D eigenvalue weighted by atomic mass is 35.5. The van der Waals surface area contributed by atoms with Crippen LogP contribution in [0.1, 0.15) is 28.4 Å². The van der Waals surface area contributed by atoms with Crippen LogP contribution in [0.5, 0.6) is 11.5 Å². The number of ether oxygens (including phenoxy) is 2. The number of fused-ring (bicyclic) bond motifs is 1. The van der Waals surface area contributed by atoms with Crippen LogP contribution in [0.2, 0.25) is 10.0 Å². The van der Waals surface area contributed by atoms with E-state index in [1.165, 1.54) is 11.8 Å². The van der Waals surface area contributed by atoms with Crippen molar-refractivity contribution in [3.05, 3.63) is 92.3 Å². The number of thioether (sulfide) groups is 1. The predicted molar refractivity (Wildman–Crippen MR) is 123 cm³/mol. The first-order valence-corrected chi connectivity index (χ1v) is 11.0. The maximum Gasteiger partial charge on any atom is 0.200 e. The molecule has 0 unspecified atom stereocenters. The number of rotatable bonds is 6. The zero-order valence-electron chi connectivity index (χ0n) is 16.2. The molecule has 0 saturated heterocycles. The van der Waals surface area contributed by atoms with E-state index in [9.17, 15) is 4.79 Å². The van der Waals surface area contributed by atoms with Crippen LogP contribution in [0.15, 0.2) is 70.5 Å². The Morgan fingerprint density at radius 1 is 0.933 bits per heavy atom. The molecule has 0 spiro atoms. The molecule has 1 heterocycles. The third-order valence-corrected chi connectivity index (χ3v) is 6.36. The topological polar surface area (TPSA) is 35.5 Å². The molecule has 0 saturated carbocycles. The molecule has 0 atom stereocenters. The van der Waals surface area contributed by atoms with Gasteiger partial charge in [-0.25, -0.2) is 0 Å². The van der Waals surface area contributed by atoms with Gasteiger partial charge in [-0.05, 0) is 60.5 Å². The van der Waals surface area contributed by atoms with Crippen molar-refractivity contribution in [3.8, 4) is 11.5 Å². The molecule has 0 radical (unpaired) electrons. The highest BCUT2D eigenvalue weighted by Gasteiger charge is 2.25. The molecule has 3 nitrogen and oxygen atoms in total. The Hall–Kier alpha value is -2.40. The van der Waals surface area contributed by atoms with Crippen molar-refractivity contribution in [2.24, 2.45) is 0 Å². The van der Waals surface area contributed by atoms with Crippen molar-refractivity contribution in [2.45, 2.75) is 18.4 Å². The molecule has 30 heavy (non-hydrogen) atoms. The third kappa shape index (κ3) is 4.51. The molecule has 3 aromatic rings. The largest absolute Gasteiger partial charge is 0.490 e. The average Bonchev–Trinajstić information content (AvgIpc) is 3.06. The molecule has 3 aromatic carbocycles. The highest BCUT2D eigenvalue weighted by Crippen LogP contribution is 2.41. The average molecular weight is 457 g/mol. The minimum atomic E-state index is 0.0495. The Morgan fingerprint density at radius 2 is 1.77 bits per heavy atom. The number of ketones is 1. The standard InChI is InChI=1S/C24H18Cl2O3S/c1-2-28-21-12-15(13-23-24(27)17-5-3-4-6-22(17)30-23)8-10-20(21)29-14-16-7-9-18(25)19(26)11-16/h3-13H,2,14H2,1H3/b23-13-. The lowest BCUT2D eigenvalue weighted by atomic mass is 10.1. The molecule has 0 N–H and O–H groups in total. The SMILES string of the molecule is CCOc1cc(/C=C2\Sc3ccccc3C2=O)ccc1OCc1ccc(Cl)c(Cl)c1. The van der Waals surface area contributed by atoms with E-state index in [-0.39, 0.29) is 5.78 Å². The van der Waals surface area contributed by atoms with E-state index in [2.05, 4.69) is 0 Å². The smallest absolute Gasteiger partial charge is 0.200 e. The first kappa shape index (κ1) is 20.9. The van der Waals surface area contributed by atoms with Crippen LogP contribution in [-0.2, 0) is 6.61 Å². The summed E-state index contributed by atoms with van der Waals surface area (Å²) >= 11 is 13.5. The molecule has 0 bridgehead atoms. The highest BCUT2D eigenvalue weighted by molar-refractivity contribution is 8.04. The van der Waals surface area contributed by atoms with E-state index in [1.54, 1.807) is 12.1 Å². The summed E-state index contributed by atoms with van der Waals surface area (Å²) in [4.78, 5) is 14.3. The summed E-state index contributed by atoms with van der Waals surface area (Å²) in [5.74, 6) is 1.30. The maximum atomic E-state index is 12.6. The van der Waals surface area contributed by atoms with E-state index < -0.39 is 0 Å². The minimum Gasteiger partial charge on any atom is -0.490 e. The lowest BCUT2D eigenvalue weighted by Crippen LogP contribution is -2.00. The normalized spacial score (nSPS) is 14.1. The van der Waals surface area contributed by atoms with Gasteiger partial charge in [0.05, 0.1) is 21.6 Å². The van der Waals surface area contributed by atoms with Crippen LogP contribution in [-0.4, -0.2) is 12.4 Å². The van der Waals surface area contributed by atoms with Gasteiger partial charge in [0, 0.05) is 10.5 Å². The number of halogens is 2. The Balaban J connectivity index is 1.55. The van der Waals surface area contributed by atoms with Crippen molar-refractivity contribution in [2.75, 3.05) is 6.61 Å². The third-order valence-electron chi connectivity index (χ3n) is 4.52. The van der Waals surface area contributed by atoms with Gasteiger partial charge in [-0.15, -0.1) is 0 Å². The molecule has 1 aliphatic heterocycles. The van der Waals surface area contributed by atoms with Gasteiger partial charge in [-0.3, -0.25) is 4.79 Å². The van der Waals surface area contributed by atoms with Gasteiger partial charge in [0.2, 0.25) is 5.78 Å². The van der Waals surface area contributed by atoms with E-state index in [0.29, 0.717) is 39.7 Å². The number of carbonyl (C=O) groups excluding carboxylic acids is 1. The van der Waals surface area contributed by atoms with Gasteiger partial charge < -0.3 is 9.47 Å². The molecule has 0 aliphatic carbocycles. The number of allylic oxidation sites excluding steroid dienone is 1. The summed E-state index contributed by atoms with van der Waals surface area (Å²) in [6.07, 6.45) is 1.89. The van der Waals surface area contributed by atoms with Crippen molar-refractivity contribution >= 4 is 46.8 Å². The monoisotopic (exact) mass is 456 g/mol. The Morgan fingerprint density at radius 3 is 2.53 bits per heavy atom. The second-order valence-corrected chi connectivity index (χ2v) is 8.51. The number of benzene rings is 3. The Bertz CT molecular complexity index is 1140. The molecule has 4 rings (SSSR count). The van der Waals surface area contributed by atoms with Crippen LogP contribution in [0.4, 0.5) is 0 Å². The fraction of sp³-hybridized carbons (Fsp3) is 0.125. The van der Waals surface area contributed by atoms with Gasteiger partial charge >= 0.3 is 0 Å². The molecule has 0 aromatic heterocycles. The number of hydrogen-bond donors (Lipinski definition) is 0.